The van der Waals surface area contributed by atoms with Gasteiger partial charge in [0.15, 0.2) is 11.5 Å². The Balaban J connectivity index is 1.92. The van der Waals surface area contributed by atoms with Crippen LogP contribution in [0, 0.1) is 5.82 Å². The van der Waals surface area contributed by atoms with Crippen molar-refractivity contribution in [2.75, 3.05) is 11.4 Å². The molecule has 2 aromatic carbocycles. The number of halogens is 1. The largest absolute Gasteiger partial charge is 0.449 e. The minimum atomic E-state index is -0.447. The maximum Gasteiger partial charge on any atom is 0.294 e. The molecule has 1 N–H and O–H groups in total. The summed E-state index contributed by atoms with van der Waals surface area (Å²) in [6.07, 6.45) is 2.27. The number of para-hydroxylation sites is 2. The first-order chi connectivity index (χ1) is 13.0. The summed E-state index contributed by atoms with van der Waals surface area (Å²) >= 11 is 0. The third-order valence-corrected chi connectivity index (χ3v) is 4.30. The molecule has 27 heavy (non-hydrogen) atoms. The van der Waals surface area contributed by atoms with Gasteiger partial charge in [-0.15, -0.1) is 0 Å². The van der Waals surface area contributed by atoms with E-state index in [1.54, 1.807) is 36.4 Å². The molecule has 0 unspecified atom stereocenters. The molecular formula is C21H21FN2O3. The standard InChI is InChI=1S/C21H21FN2O3/c1-3-14(2)23-20(25)13-24-17-9-4-5-10-18(17)27-19(21(24)26)12-15-7-6-8-16(22)11-15/h4-12,14H,3,13H2,1-2H3,(H,23,25)/b19-12+/t14-/m1/s1. The summed E-state index contributed by atoms with van der Waals surface area (Å²) < 4.78 is 19.2. The van der Waals surface area contributed by atoms with E-state index in [0.29, 0.717) is 17.0 Å². The number of carbonyl (C=O) groups excluding carboxylic acids is 2. The third-order valence-electron chi connectivity index (χ3n) is 4.30. The molecule has 0 saturated heterocycles. The number of hydrogen-bond acceptors (Lipinski definition) is 3. The lowest BCUT2D eigenvalue weighted by atomic mass is 10.1. The molecule has 2 amide bonds. The summed E-state index contributed by atoms with van der Waals surface area (Å²) in [5.41, 5.74) is 1.03. The number of anilines is 1. The quantitative estimate of drug-likeness (QED) is 0.822. The molecule has 2 aromatic rings. The van der Waals surface area contributed by atoms with E-state index in [2.05, 4.69) is 5.32 Å². The summed E-state index contributed by atoms with van der Waals surface area (Å²) in [4.78, 5) is 26.6. The molecule has 3 rings (SSSR count). The van der Waals surface area contributed by atoms with Crippen molar-refractivity contribution in [3.05, 3.63) is 65.7 Å². The van der Waals surface area contributed by atoms with Crippen LogP contribution >= 0.6 is 0 Å². The number of carbonyl (C=O) groups is 2. The van der Waals surface area contributed by atoms with Crippen LogP contribution in [-0.2, 0) is 9.59 Å². The Morgan fingerprint density at radius 2 is 2.04 bits per heavy atom. The average Bonchev–Trinajstić information content (AvgIpc) is 2.65. The molecule has 1 heterocycles. The highest BCUT2D eigenvalue weighted by atomic mass is 19.1. The molecule has 1 atom stereocenters. The summed E-state index contributed by atoms with van der Waals surface area (Å²) in [6, 6.07) is 12.9. The van der Waals surface area contributed by atoms with Crippen molar-refractivity contribution in [2.45, 2.75) is 26.3 Å². The number of benzene rings is 2. The lowest BCUT2D eigenvalue weighted by Crippen LogP contribution is -2.46. The first-order valence-corrected chi connectivity index (χ1v) is 8.83. The Morgan fingerprint density at radius 1 is 1.26 bits per heavy atom. The molecule has 6 heteroatoms. The molecular weight excluding hydrogens is 347 g/mol. The van der Waals surface area contributed by atoms with Gasteiger partial charge in [0.25, 0.3) is 5.91 Å². The van der Waals surface area contributed by atoms with E-state index in [9.17, 15) is 14.0 Å². The zero-order chi connectivity index (χ0) is 19.4. The Bertz CT molecular complexity index is 895. The smallest absolute Gasteiger partial charge is 0.294 e. The Labute approximate surface area is 157 Å². The molecule has 0 bridgehead atoms. The van der Waals surface area contributed by atoms with E-state index in [4.69, 9.17) is 4.74 Å². The second kappa shape index (κ2) is 8.03. The molecule has 1 aliphatic heterocycles. The van der Waals surface area contributed by atoms with Gasteiger partial charge in [0.2, 0.25) is 5.91 Å². The number of nitrogens with one attached hydrogen (secondary N) is 1. The van der Waals surface area contributed by atoms with E-state index in [0.717, 1.165) is 6.42 Å². The number of fused-ring (bicyclic) bond motifs is 1. The highest BCUT2D eigenvalue weighted by Gasteiger charge is 2.31. The van der Waals surface area contributed by atoms with Gasteiger partial charge in [-0.05, 0) is 49.2 Å². The van der Waals surface area contributed by atoms with Crippen LogP contribution in [0.5, 0.6) is 5.75 Å². The predicted octanol–water partition coefficient (Wildman–Crippen LogP) is 3.51. The maximum absolute atomic E-state index is 13.4. The minimum Gasteiger partial charge on any atom is -0.449 e. The molecule has 1 aliphatic rings. The SMILES string of the molecule is CC[C@@H](C)NC(=O)CN1C(=O)/C(=C\c2cccc(F)c2)Oc2ccccc21. The lowest BCUT2D eigenvalue weighted by molar-refractivity contribution is -0.123. The van der Waals surface area contributed by atoms with E-state index in [1.807, 2.05) is 13.8 Å². The molecule has 140 valence electrons. The molecule has 5 nitrogen and oxygen atoms in total. The van der Waals surface area contributed by atoms with Gasteiger partial charge in [0.1, 0.15) is 12.4 Å². The molecule has 0 spiro atoms. The van der Waals surface area contributed by atoms with E-state index in [-0.39, 0.29) is 24.3 Å². The molecule has 0 aliphatic carbocycles. The fourth-order valence-electron chi connectivity index (χ4n) is 2.73. The van der Waals surface area contributed by atoms with Crippen molar-refractivity contribution in [3.63, 3.8) is 0 Å². The average molecular weight is 368 g/mol. The number of nitrogens with zero attached hydrogens (tertiary/aromatic N) is 1. The van der Waals surface area contributed by atoms with Crippen LogP contribution in [0.4, 0.5) is 10.1 Å². The minimum absolute atomic E-state index is 0.0196. The Hall–Kier alpha value is -3.15. The molecule has 0 saturated carbocycles. The fourth-order valence-corrected chi connectivity index (χ4v) is 2.73. The molecule has 0 fully saturated rings. The van der Waals surface area contributed by atoms with Crippen molar-refractivity contribution >= 4 is 23.6 Å². The van der Waals surface area contributed by atoms with Gasteiger partial charge < -0.3 is 10.1 Å². The third kappa shape index (κ3) is 4.34. The Morgan fingerprint density at radius 3 is 2.78 bits per heavy atom. The van der Waals surface area contributed by atoms with Gasteiger partial charge >= 0.3 is 0 Å². The topological polar surface area (TPSA) is 58.6 Å². The highest BCUT2D eigenvalue weighted by Crippen LogP contribution is 2.35. The second-order valence-corrected chi connectivity index (χ2v) is 6.40. The van der Waals surface area contributed by atoms with Crippen molar-refractivity contribution < 1.29 is 18.7 Å². The van der Waals surface area contributed by atoms with E-state index >= 15 is 0 Å². The molecule has 0 aromatic heterocycles. The van der Waals surface area contributed by atoms with Crippen LogP contribution in [0.25, 0.3) is 6.08 Å². The molecule has 0 radical (unpaired) electrons. The van der Waals surface area contributed by atoms with Gasteiger partial charge in [0, 0.05) is 6.04 Å². The fraction of sp³-hybridized carbons (Fsp3) is 0.238. The number of hydrogen-bond donors (Lipinski definition) is 1. The maximum atomic E-state index is 13.4. The van der Waals surface area contributed by atoms with Crippen molar-refractivity contribution in [3.8, 4) is 5.75 Å². The first kappa shape index (κ1) is 18.6. The van der Waals surface area contributed by atoms with Gasteiger partial charge in [-0.3, -0.25) is 14.5 Å². The Kier molecular flexibility index (Phi) is 5.54. The van der Waals surface area contributed by atoms with Crippen LogP contribution in [0.2, 0.25) is 0 Å². The zero-order valence-electron chi connectivity index (χ0n) is 15.2. The van der Waals surface area contributed by atoms with Crippen molar-refractivity contribution in [1.82, 2.24) is 5.32 Å². The number of rotatable bonds is 5. The van der Waals surface area contributed by atoms with Gasteiger partial charge in [-0.2, -0.15) is 0 Å². The van der Waals surface area contributed by atoms with Crippen molar-refractivity contribution in [1.29, 1.82) is 0 Å². The summed E-state index contributed by atoms with van der Waals surface area (Å²) in [6.45, 7) is 3.76. The van der Waals surface area contributed by atoms with E-state index < -0.39 is 11.7 Å². The van der Waals surface area contributed by atoms with Crippen LogP contribution in [0.1, 0.15) is 25.8 Å². The summed E-state index contributed by atoms with van der Waals surface area (Å²) in [7, 11) is 0. The van der Waals surface area contributed by atoms with E-state index in [1.165, 1.54) is 23.1 Å². The van der Waals surface area contributed by atoms with Gasteiger partial charge in [-0.25, -0.2) is 4.39 Å². The summed E-state index contributed by atoms with van der Waals surface area (Å²) in [5, 5.41) is 2.86. The normalized spacial score (nSPS) is 15.9. The van der Waals surface area contributed by atoms with Crippen LogP contribution in [0.15, 0.2) is 54.3 Å². The number of ether oxygens (including phenoxy) is 1. The monoisotopic (exact) mass is 368 g/mol. The first-order valence-electron chi connectivity index (χ1n) is 8.83. The lowest BCUT2D eigenvalue weighted by Gasteiger charge is -2.30. The van der Waals surface area contributed by atoms with Crippen LogP contribution in [0.3, 0.4) is 0 Å². The second-order valence-electron chi connectivity index (χ2n) is 6.40. The summed E-state index contributed by atoms with van der Waals surface area (Å²) in [5.74, 6) is -0.596. The predicted molar refractivity (Wildman–Crippen MR) is 102 cm³/mol. The van der Waals surface area contributed by atoms with Crippen molar-refractivity contribution in [2.24, 2.45) is 0 Å². The van der Waals surface area contributed by atoms with Crippen LogP contribution < -0.4 is 15.0 Å². The number of amides is 2. The van der Waals surface area contributed by atoms with Crippen LogP contribution in [-0.4, -0.2) is 24.4 Å². The zero-order valence-corrected chi connectivity index (χ0v) is 15.2. The van der Waals surface area contributed by atoms with Gasteiger partial charge in [-0.1, -0.05) is 31.2 Å². The highest BCUT2D eigenvalue weighted by molar-refractivity contribution is 6.12. The van der Waals surface area contributed by atoms with Gasteiger partial charge in [0.05, 0.1) is 5.69 Å².